The molecule has 0 atom stereocenters. The molecule has 0 aliphatic rings. The van der Waals surface area contributed by atoms with Gasteiger partial charge in [0, 0.05) is 31.2 Å². The van der Waals surface area contributed by atoms with Crippen LogP contribution >= 0.6 is 31.9 Å². The predicted octanol–water partition coefficient (Wildman–Crippen LogP) is 9.17. The third kappa shape index (κ3) is 9.53. The zero-order valence-corrected chi connectivity index (χ0v) is 29.1. The molecule has 2 rings (SSSR count). The summed E-state index contributed by atoms with van der Waals surface area (Å²) in [6, 6.07) is 8.02. The van der Waals surface area contributed by atoms with Gasteiger partial charge in [0.05, 0.1) is 0 Å². The molecular weight excluding hydrogens is 567 g/mol. The standard InChI is InChI=1S/2C14H21BrO.CH3.Al.2H/c2*1-13(2,3)10-7-9(15)8-11(12(10)16)14(4,5)6;;;;/h2*7-8,16H,1-6H3;1H3;;;. The van der Waals surface area contributed by atoms with Gasteiger partial charge in [0.1, 0.15) is 11.5 Å². The highest BCUT2D eigenvalue weighted by atomic mass is 79.9. The van der Waals surface area contributed by atoms with E-state index in [0.717, 1.165) is 31.2 Å². The molecule has 0 aliphatic heterocycles. The molecule has 2 nitrogen and oxygen atoms in total. The van der Waals surface area contributed by atoms with E-state index in [9.17, 15) is 10.2 Å². The van der Waals surface area contributed by atoms with Crippen molar-refractivity contribution in [2.75, 3.05) is 0 Å². The number of phenolic OH excluding ortho intramolecular Hbond substituents is 2. The molecular formula is C29H47AlBr2O2. The highest BCUT2D eigenvalue weighted by Gasteiger charge is 2.27. The molecule has 0 aromatic heterocycles. The Labute approximate surface area is 234 Å². The number of hydrogen-bond donors (Lipinski definition) is 2. The smallest absolute Gasteiger partial charge is 0.207 e. The van der Waals surface area contributed by atoms with E-state index >= 15 is 0 Å². The van der Waals surface area contributed by atoms with Crippen molar-refractivity contribution in [2.45, 2.75) is 111 Å². The van der Waals surface area contributed by atoms with Crippen LogP contribution in [0.15, 0.2) is 33.2 Å². The Morgan fingerprint density at radius 1 is 0.471 bits per heavy atom. The number of hydrogen-bond acceptors (Lipinski definition) is 2. The van der Waals surface area contributed by atoms with Crippen LogP contribution in [0.3, 0.4) is 0 Å². The summed E-state index contributed by atoms with van der Waals surface area (Å²) in [6.45, 7) is 25.3. The minimum Gasteiger partial charge on any atom is -0.507 e. The van der Waals surface area contributed by atoms with Crippen molar-refractivity contribution in [3.05, 3.63) is 55.5 Å². The lowest BCUT2D eigenvalue weighted by Gasteiger charge is -2.27. The summed E-state index contributed by atoms with van der Waals surface area (Å²) in [6.07, 6.45) is 0. The SMILES string of the molecule is CC(C)(C)c1cc(Br)cc(C(C)(C)C)c1O.CC(C)(C)c1cc(Br)cc(C(C)(C)C)c1O.[CH3][AlH2]. The quantitative estimate of drug-likeness (QED) is 0.291. The van der Waals surface area contributed by atoms with Crippen molar-refractivity contribution in [1.29, 1.82) is 0 Å². The summed E-state index contributed by atoms with van der Waals surface area (Å²) in [4.78, 5) is 0. The summed E-state index contributed by atoms with van der Waals surface area (Å²) in [7, 11) is 0. The van der Waals surface area contributed by atoms with Crippen LogP contribution in [-0.2, 0) is 21.7 Å². The molecule has 0 amide bonds. The highest BCUT2D eigenvalue weighted by molar-refractivity contribution is 9.10. The predicted molar refractivity (Wildman–Crippen MR) is 161 cm³/mol. The van der Waals surface area contributed by atoms with Crippen molar-refractivity contribution in [3.63, 3.8) is 0 Å². The van der Waals surface area contributed by atoms with Crippen LogP contribution in [0.1, 0.15) is 105 Å². The fourth-order valence-corrected chi connectivity index (χ4v) is 4.40. The first-order chi connectivity index (χ1) is 15.1. The van der Waals surface area contributed by atoms with Gasteiger partial charge in [-0.25, -0.2) is 0 Å². The number of aromatic hydroxyl groups is 2. The van der Waals surface area contributed by atoms with Crippen LogP contribution < -0.4 is 0 Å². The van der Waals surface area contributed by atoms with E-state index < -0.39 is 0 Å². The Morgan fingerprint density at radius 3 is 0.735 bits per heavy atom. The molecule has 0 radical (unpaired) electrons. The van der Waals surface area contributed by atoms with Gasteiger partial charge in [0.2, 0.25) is 16.3 Å². The average Bonchev–Trinajstić information content (AvgIpc) is 2.63. The fraction of sp³-hybridized carbons (Fsp3) is 0.586. The normalized spacial score (nSPS) is 12.3. The minimum atomic E-state index is -0.0478. The van der Waals surface area contributed by atoms with Crippen molar-refractivity contribution < 1.29 is 10.2 Å². The van der Waals surface area contributed by atoms with Crippen LogP contribution in [-0.4, -0.2) is 26.5 Å². The maximum Gasteiger partial charge on any atom is 0.207 e. The van der Waals surface area contributed by atoms with Gasteiger partial charge in [0.15, 0.2) is 0 Å². The van der Waals surface area contributed by atoms with Gasteiger partial charge in [0.25, 0.3) is 0 Å². The van der Waals surface area contributed by atoms with Crippen LogP contribution in [0.4, 0.5) is 0 Å². The summed E-state index contributed by atoms with van der Waals surface area (Å²) in [5, 5.41) is 20.7. The zero-order valence-electron chi connectivity index (χ0n) is 24.0. The van der Waals surface area contributed by atoms with Crippen LogP contribution in [0.25, 0.3) is 0 Å². The van der Waals surface area contributed by atoms with Gasteiger partial charge in [-0.2, -0.15) is 0 Å². The molecule has 34 heavy (non-hydrogen) atoms. The Kier molecular flexibility index (Phi) is 12.0. The van der Waals surface area contributed by atoms with E-state index in [1.807, 2.05) is 24.3 Å². The average molecular weight is 614 g/mol. The first kappa shape index (κ1) is 33.5. The summed E-state index contributed by atoms with van der Waals surface area (Å²) < 4.78 is 2.06. The first-order valence-electron chi connectivity index (χ1n) is 12.1. The van der Waals surface area contributed by atoms with E-state index in [4.69, 9.17) is 0 Å². The van der Waals surface area contributed by atoms with Crippen LogP contribution in [0.5, 0.6) is 11.5 Å². The molecule has 2 aromatic rings. The lowest BCUT2D eigenvalue weighted by Crippen LogP contribution is -2.17. The largest absolute Gasteiger partial charge is 0.507 e. The van der Waals surface area contributed by atoms with E-state index in [1.54, 1.807) is 0 Å². The van der Waals surface area contributed by atoms with Crippen LogP contribution in [0, 0.1) is 0 Å². The zero-order chi connectivity index (χ0) is 27.4. The molecule has 192 valence electrons. The number of halogens is 2. The first-order valence-corrected chi connectivity index (χ1v) is 15.7. The van der Waals surface area contributed by atoms with E-state index in [1.165, 1.54) is 16.3 Å². The van der Waals surface area contributed by atoms with Gasteiger partial charge in [-0.3, -0.25) is 0 Å². The molecule has 0 spiro atoms. The highest BCUT2D eigenvalue weighted by Crippen LogP contribution is 2.42. The van der Waals surface area contributed by atoms with E-state index in [2.05, 4.69) is 121 Å². The molecule has 0 aliphatic carbocycles. The molecule has 2 N–H and O–H groups in total. The van der Waals surface area contributed by atoms with Gasteiger partial charge in [-0.15, -0.1) is 5.79 Å². The second-order valence-electron chi connectivity index (χ2n) is 12.7. The minimum absolute atomic E-state index is 0.0478. The van der Waals surface area contributed by atoms with E-state index in [0.29, 0.717) is 11.5 Å². The summed E-state index contributed by atoms with van der Waals surface area (Å²) >= 11 is 8.35. The number of phenols is 2. The van der Waals surface area contributed by atoms with Crippen LogP contribution in [0.2, 0.25) is 5.79 Å². The van der Waals surface area contributed by atoms with E-state index in [-0.39, 0.29) is 21.7 Å². The number of benzene rings is 2. The molecule has 2 aromatic carbocycles. The molecule has 0 fully saturated rings. The van der Waals surface area contributed by atoms with Crippen molar-refractivity contribution in [2.24, 2.45) is 0 Å². The fourth-order valence-electron chi connectivity index (χ4n) is 3.49. The second kappa shape index (κ2) is 12.2. The van der Waals surface area contributed by atoms with Crippen molar-refractivity contribution >= 4 is 48.2 Å². The Morgan fingerprint density at radius 2 is 0.618 bits per heavy atom. The third-order valence-electron chi connectivity index (χ3n) is 5.38. The maximum absolute atomic E-state index is 10.4. The Hall–Kier alpha value is -0.468. The van der Waals surface area contributed by atoms with Gasteiger partial charge in [-0.05, 0) is 45.9 Å². The van der Waals surface area contributed by atoms with Gasteiger partial charge < -0.3 is 10.2 Å². The molecule has 0 bridgehead atoms. The Balaban J connectivity index is 0.000000597. The summed E-state index contributed by atoms with van der Waals surface area (Å²) in [5.41, 5.74) is 3.78. The molecule has 0 unspecified atom stereocenters. The second-order valence-corrected chi connectivity index (χ2v) is 14.5. The lowest BCUT2D eigenvalue weighted by atomic mass is 9.79. The molecule has 5 heteroatoms. The topological polar surface area (TPSA) is 40.5 Å². The molecule has 0 heterocycles. The maximum atomic E-state index is 10.4. The van der Waals surface area contributed by atoms with Gasteiger partial charge in [-0.1, -0.05) is 115 Å². The molecule has 0 saturated heterocycles. The monoisotopic (exact) mass is 612 g/mol. The number of rotatable bonds is 0. The van der Waals surface area contributed by atoms with Crippen molar-refractivity contribution in [3.8, 4) is 11.5 Å². The third-order valence-corrected chi connectivity index (χ3v) is 6.30. The van der Waals surface area contributed by atoms with Crippen molar-refractivity contribution in [1.82, 2.24) is 0 Å². The summed E-state index contributed by atoms with van der Waals surface area (Å²) in [5.74, 6) is 3.01. The lowest BCUT2D eigenvalue weighted by molar-refractivity contribution is 0.422. The Bertz CT molecular complexity index is 805. The molecule has 0 saturated carbocycles. The van der Waals surface area contributed by atoms with Gasteiger partial charge >= 0.3 is 0 Å².